The van der Waals surface area contributed by atoms with Crippen molar-refractivity contribution in [2.24, 2.45) is 10.2 Å². The third kappa shape index (κ3) is 2.83. The highest BCUT2D eigenvalue weighted by molar-refractivity contribution is 6.35. The fraction of sp³-hybridized carbons (Fsp3) is 0.333. The summed E-state index contributed by atoms with van der Waals surface area (Å²) in [5.74, 6) is -1.91. The molecule has 0 unspecified atom stereocenters. The quantitative estimate of drug-likeness (QED) is 0.598. The van der Waals surface area contributed by atoms with Crippen LogP contribution in [0.25, 0.3) is 10.9 Å². The maximum absolute atomic E-state index is 11.6. The van der Waals surface area contributed by atoms with Crippen LogP contribution in [0.4, 0.5) is 5.69 Å². The van der Waals surface area contributed by atoms with E-state index in [1.54, 1.807) is 0 Å². The van der Waals surface area contributed by atoms with Crippen LogP contribution in [0.5, 0.6) is 5.88 Å². The van der Waals surface area contributed by atoms with Gasteiger partial charge in [-0.25, -0.2) is 0 Å². The Kier molecular flexibility index (Phi) is 3.62. The summed E-state index contributed by atoms with van der Waals surface area (Å²) in [7, 11) is 0. The first-order chi connectivity index (χ1) is 10.6. The molecule has 1 heterocycles. The van der Waals surface area contributed by atoms with Crippen LogP contribution in [0.3, 0.4) is 0 Å². The number of amides is 2. The lowest BCUT2D eigenvalue weighted by molar-refractivity contribution is -0.137. The van der Waals surface area contributed by atoms with Crippen LogP contribution in [0.2, 0.25) is 0 Å². The maximum Gasteiger partial charge on any atom is 0.353 e. The van der Waals surface area contributed by atoms with E-state index in [1.165, 1.54) is 0 Å². The number of aromatic nitrogens is 1. The molecular formula is C15H16N4O3. The summed E-state index contributed by atoms with van der Waals surface area (Å²) in [6.07, 6.45) is 2.61. The monoisotopic (exact) mass is 300 g/mol. The first-order valence-electron chi connectivity index (χ1n) is 7.18. The van der Waals surface area contributed by atoms with Crippen molar-refractivity contribution in [3.63, 3.8) is 0 Å². The number of nitrogens with zero attached hydrogens (tertiary/aromatic N) is 2. The molecule has 3 rings (SSSR count). The number of H-pyrrole nitrogens is 1. The van der Waals surface area contributed by atoms with Gasteiger partial charge in [-0.05, 0) is 37.0 Å². The minimum Gasteiger partial charge on any atom is -0.493 e. The number of hydrogen-bond donors (Lipinski definition) is 3. The van der Waals surface area contributed by atoms with E-state index in [2.05, 4.69) is 20.5 Å². The third-order valence-corrected chi connectivity index (χ3v) is 3.57. The van der Waals surface area contributed by atoms with E-state index in [0.29, 0.717) is 10.9 Å². The molecule has 7 nitrogen and oxygen atoms in total. The van der Waals surface area contributed by atoms with Crippen molar-refractivity contribution in [1.29, 1.82) is 0 Å². The van der Waals surface area contributed by atoms with Crippen LogP contribution in [0.15, 0.2) is 28.4 Å². The van der Waals surface area contributed by atoms with Crippen LogP contribution < -0.4 is 5.32 Å². The van der Waals surface area contributed by atoms with Gasteiger partial charge in [0, 0.05) is 11.4 Å². The molecule has 22 heavy (non-hydrogen) atoms. The van der Waals surface area contributed by atoms with Gasteiger partial charge in [0.25, 0.3) is 0 Å². The first-order valence-corrected chi connectivity index (χ1v) is 7.18. The van der Waals surface area contributed by atoms with Crippen molar-refractivity contribution in [2.45, 2.75) is 32.2 Å². The van der Waals surface area contributed by atoms with E-state index in [0.717, 1.165) is 24.8 Å². The summed E-state index contributed by atoms with van der Waals surface area (Å²) in [6.45, 7) is 2.01. The van der Waals surface area contributed by atoms with Crippen molar-refractivity contribution in [1.82, 2.24) is 10.3 Å². The molecule has 2 amide bonds. The molecule has 0 bridgehead atoms. The molecule has 2 aromatic rings. The van der Waals surface area contributed by atoms with Crippen molar-refractivity contribution < 1.29 is 14.7 Å². The predicted octanol–water partition coefficient (Wildman–Crippen LogP) is 2.32. The average Bonchev–Trinajstić information content (AvgIpc) is 3.26. The highest BCUT2D eigenvalue weighted by Gasteiger charge is 2.26. The summed E-state index contributed by atoms with van der Waals surface area (Å²) < 4.78 is 0. The summed E-state index contributed by atoms with van der Waals surface area (Å²) >= 11 is 0. The lowest BCUT2D eigenvalue weighted by atomic mass is 10.1. The Balaban J connectivity index is 1.85. The summed E-state index contributed by atoms with van der Waals surface area (Å²) in [6, 6.07) is 5.72. The van der Waals surface area contributed by atoms with Gasteiger partial charge < -0.3 is 15.4 Å². The number of azo groups is 1. The number of carbonyl (C=O) groups is 2. The van der Waals surface area contributed by atoms with E-state index >= 15 is 0 Å². The van der Waals surface area contributed by atoms with Gasteiger partial charge in [-0.3, -0.25) is 9.59 Å². The number of aryl methyl sites for hydroxylation is 1. The first kappa shape index (κ1) is 14.2. The topological polar surface area (TPSA) is 107 Å². The standard InChI is InChI=1S/C15H16N4O3/c1-2-8-3-6-11-10(7-8)12(13(20)17-11)18-19-15(22)14(21)16-9-4-5-9/h3,6-7,9,17,20H,2,4-5H2,1H3,(H,16,21). The number of aromatic hydroxyl groups is 1. The molecule has 3 N–H and O–H groups in total. The Morgan fingerprint density at radius 2 is 2.18 bits per heavy atom. The summed E-state index contributed by atoms with van der Waals surface area (Å²) in [5, 5.41) is 20.2. The molecule has 0 aliphatic heterocycles. The van der Waals surface area contributed by atoms with Gasteiger partial charge in [-0.1, -0.05) is 13.0 Å². The maximum atomic E-state index is 11.6. The summed E-state index contributed by atoms with van der Waals surface area (Å²) in [4.78, 5) is 25.9. The van der Waals surface area contributed by atoms with Gasteiger partial charge >= 0.3 is 11.8 Å². The van der Waals surface area contributed by atoms with E-state index in [1.807, 2.05) is 25.1 Å². The zero-order chi connectivity index (χ0) is 15.7. The smallest absolute Gasteiger partial charge is 0.353 e. The molecule has 1 aliphatic rings. The normalized spacial score (nSPS) is 14.6. The molecular weight excluding hydrogens is 284 g/mol. The van der Waals surface area contributed by atoms with E-state index in [4.69, 9.17) is 0 Å². The molecule has 0 radical (unpaired) electrons. The number of nitrogens with one attached hydrogen (secondary N) is 2. The second-order valence-corrected chi connectivity index (χ2v) is 5.31. The number of carbonyl (C=O) groups excluding carboxylic acids is 2. The van der Waals surface area contributed by atoms with Crippen LogP contribution >= 0.6 is 0 Å². The van der Waals surface area contributed by atoms with Gasteiger partial charge in [0.2, 0.25) is 5.88 Å². The van der Waals surface area contributed by atoms with Crippen molar-refractivity contribution in [3.8, 4) is 5.88 Å². The van der Waals surface area contributed by atoms with Gasteiger partial charge in [-0.2, -0.15) is 0 Å². The zero-order valence-electron chi connectivity index (χ0n) is 12.1. The van der Waals surface area contributed by atoms with Crippen LogP contribution in [0.1, 0.15) is 25.3 Å². The van der Waals surface area contributed by atoms with E-state index in [9.17, 15) is 14.7 Å². The number of fused-ring (bicyclic) bond motifs is 1. The largest absolute Gasteiger partial charge is 0.493 e. The Hall–Kier alpha value is -2.70. The highest BCUT2D eigenvalue weighted by atomic mass is 16.3. The molecule has 7 heteroatoms. The number of rotatable bonds is 3. The second-order valence-electron chi connectivity index (χ2n) is 5.31. The fourth-order valence-corrected chi connectivity index (χ4v) is 2.15. The van der Waals surface area contributed by atoms with Gasteiger partial charge in [0.05, 0.1) is 5.52 Å². The molecule has 1 fully saturated rings. The van der Waals surface area contributed by atoms with E-state index in [-0.39, 0.29) is 17.6 Å². The second kappa shape index (κ2) is 5.59. The Morgan fingerprint density at radius 1 is 1.41 bits per heavy atom. The molecule has 114 valence electrons. The molecule has 0 spiro atoms. The van der Waals surface area contributed by atoms with Crippen molar-refractivity contribution in [2.75, 3.05) is 0 Å². The van der Waals surface area contributed by atoms with Crippen molar-refractivity contribution in [3.05, 3.63) is 23.8 Å². The van der Waals surface area contributed by atoms with Gasteiger partial charge in [0.15, 0.2) is 5.69 Å². The average molecular weight is 300 g/mol. The molecule has 0 saturated heterocycles. The number of benzene rings is 1. The lowest BCUT2D eigenvalue weighted by Crippen LogP contribution is -2.31. The predicted molar refractivity (Wildman–Crippen MR) is 80.0 cm³/mol. The minimum atomic E-state index is -0.965. The summed E-state index contributed by atoms with van der Waals surface area (Å²) in [5.41, 5.74) is 1.93. The fourth-order valence-electron chi connectivity index (χ4n) is 2.15. The molecule has 0 atom stereocenters. The molecule has 1 saturated carbocycles. The van der Waals surface area contributed by atoms with E-state index < -0.39 is 11.8 Å². The van der Waals surface area contributed by atoms with Crippen molar-refractivity contribution >= 4 is 28.4 Å². The molecule has 1 aromatic carbocycles. The minimum absolute atomic E-state index is 0.0836. The Morgan fingerprint density at radius 3 is 2.86 bits per heavy atom. The highest BCUT2D eigenvalue weighted by Crippen LogP contribution is 2.36. The van der Waals surface area contributed by atoms with Crippen LogP contribution in [0, 0.1) is 0 Å². The SMILES string of the molecule is CCc1ccc2[nH]c(O)c(N=NC(=O)C(=O)NC3CC3)c2c1. The lowest BCUT2D eigenvalue weighted by Gasteiger charge is -1.98. The van der Waals surface area contributed by atoms with Crippen LogP contribution in [-0.2, 0) is 16.0 Å². The number of aromatic amines is 1. The molecule has 1 aromatic heterocycles. The zero-order valence-corrected chi connectivity index (χ0v) is 12.1. The third-order valence-electron chi connectivity index (χ3n) is 3.57. The van der Waals surface area contributed by atoms with Gasteiger partial charge in [-0.15, -0.1) is 10.2 Å². The Bertz CT molecular complexity index is 774. The molecule has 1 aliphatic carbocycles. The Labute approximate surface area is 126 Å². The number of hydrogen-bond acceptors (Lipinski definition) is 4. The van der Waals surface area contributed by atoms with Gasteiger partial charge in [0.1, 0.15) is 0 Å². The van der Waals surface area contributed by atoms with Crippen LogP contribution in [-0.4, -0.2) is 27.9 Å².